The van der Waals surface area contributed by atoms with Gasteiger partial charge in [0.1, 0.15) is 0 Å². The molecule has 4 rings (SSSR count). The molecular formula is C19H12N4O2. The van der Waals surface area contributed by atoms with Gasteiger partial charge in [-0.05, 0) is 54.7 Å². The SMILES string of the molecule is O=C1C=CC(C=C2C=CC(C=c3ccc(=CC4=NC(=O)C=C4)[nH]3)=N2)=N1. The molecule has 0 aromatic carbocycles. The van der Waals surface area contributed by atoms with Gasteiger partial charge in [0.25, 0.3) is 11.8 Å². The zero-order chi connectivity index (χ0) is 17.2. The summed E-state index contributed by atoms with van der Waals surface area (Å²) in [5.74, 6) is -0.485. The molecule has 0 fully saturated rings. The van der Waals surface area contributed by atoms with E-state index in [0.29, 0.717) is 11.4 Å². The van der Waals surface area contributed by atoms with Crippen molar-refractivity contribution in [3.05, 3.63) is 71.1 Å². The molecule has 6 heteroatoms. The van der Waals surface area contributed by atoms with Gasteiger partial charge in [-0.1, -0.05) is 0 Å². The van der Waals surface area contributed by atoms with Crippen molar-refractivity contribution in [1.29, 1.82) is 0 Å². The monoisotopic (exact) mass is 328 g/mol. The first-order valence-electron chi connectivity index (χ1n) is 7.62. The average molecular weight is 328 g/mol. The van der Waals surface area contributed by atoms with Gasteiger partial charge in [-0.25, -0.2) is 15.0 Å². The largest absolute Gasteiger partial charge is 0.355 e. The summed E-state index contributed by atoms with van der Waals surface area (Å²) < 4.78 is 0. The van der Waals surface area contributed by atoms with Crippen LogP contribution in [0.1, 0.15) is 0 Å². The van der Waals surface area contributed by atoms with Crippen LogP contribution in [-0.2, 0) is 9.59 Å². The highest BCUT2D eigenvalue weighted by atomic mass is 16.1. The first kappa shape index (κ1) is 14.9. The highest BCUT2D eigenvalue weighted by Crippen LogP contribution is 2.11. The molecule has 0 saturated heterocycles. The summed E-state index contributed by atoms with van der Waals surface area (Å²) in [4.78, 5) is 37.6. The molecule has 0 saturated carbocycles. The third-order valence-electron chi connectivity index (χ3n) is 3.59. The minimum atomic E-state index is -0.247. The Morgan fingerprint density at radius 2 is 1.16 bits per heavy atom. The third kappa shape index (κ3) is 3.48. The van der Waals surface area contributed by atoms with E-state index < -0.39 is 0 Å². The van der Waals surface area contributed by atoms with Crippen LogP contribution in [0.2, 0.25) is 0 Å². The van der Waals surface area contributed by atoms with Crippen molar-refractivity contribution in [3.63, 3.8) is 0 Å². The first-order valence-corrected chi connectivity index (χ1v) is 7.62. The number of carbonyl (C=O) groups excluding carboxylic acids is 2. The number of hydrogen-bond donors (Lipinski definition) is 1. The highest BCUT2D eigenvalue weighted by molar-refractivity contribution is 6.26. The summed E-state index contributed by atoms with van der Waals surface area (Å²) in [6.45, 7) is 0. The van der Waals surface area contributed by atoms with Crippen LogP contribution in [0.3, 0.4) is 0 Å². The summed E-state index contributed by atoms with van der Waals surface area (Å²) >= 11 is 0. The van der Waals surface area contributed by atoms with E-state index in [0.717, 1.165) is 22.1 Å². The maximum Gasteiger partial charge on any atom is 0.270 e. The Morgan fingerprint density at radius 1 is 0.640 bits per heavy atom. The molecule has 2 amide bonds. The standard InChI is InChI=1S/C19H12N4O2/c24-18-7-5-16(22-18)10-14-3-1-12(20-14)9-13-2-4-15(21-13)11-17-6-8-19(25)23-17/h1-11,20H. The zero-order valence-corrected chi connectivity index (χ0v) is 13.0. The van der Waals surface area contributed by atoms with Crippen LogP contribution in [0.25, 0.3) is 12.2 Å². The molecule has 0 aliphatic carbocycles. The molecule has 6 nitrogen and oxygen atoms in total. The number of carbonyl (C=O) groups is 2. The molecule has 0 bridgehead atoms. The van der Waals surface area contributed by atoms with Gasteiger partial charge < -0.3 is 4.98 Å². The molecule has 4 heterocycles. The second-order valence-electron chi connectivity index (χ2n) is 5.51. The van der Waals surface area contributed by atoms with Crippen molar-refractivity contribution in [1.82, 2.24) is 4.98 Å². The van der Waals surface area contributed by atoms with Crippen LogP contribution in [0, 0.1) is 0 Å². The lowest BCUT2D eigenvalue weighted by molar-refractivity contribution is -0.114. The predicted octanol–water partition coefficient (Wildman–Crippen LogP) is 0.545. The van der Waals surface area contributed by atoms with E-state index in [2.05, 4.69) is 20.0 Å². The number of amides is 2. The Labute approximate surface area is 142 Å². The Kier molecular flexibility index (Phi) is 3.63. The number of allylic oxidation sites excluding steroid dienone is 5. The molecule has 0 spiro atoms. The van der Waals surface area contributed by atoms with E-state index in [1.54, 1.807) is 24.3 Å². The molecule has 25 heavy (non-hydrogen) atoms. The fraction of sp³-hybridized carbons (Fsp3) is 0. The number of rotatable bonds is 3. The molecule has 0 radical (unpaired) electrons. The summed E-state index contributed by atoms with van der Waals surface area (Å²) in [6.07, 6.45) is 15.4. The average Bonchev–Trinajstić information content (AvgIpc) is 3.33. The molecule has 1 aromatic rings. The number of aromatic amines is 1. The van der Waals surface area contributed by atoms with Crippen LogP contribution in [-0.4, -0.2) is 33.9 Å². The second kappa shape index (κ2) is 6.09. The van der Waals surface area contributed by atoms with Crippen LogP contribution in [0.5, 0.6) is 0 Å². The van der Waals surface area contributed by atoms with E-state index in [-0.39, 0.29) is 11.8 Å². The lowest BCUT2D eigenvalue weighted by Gasteiger charge is -1.89. The fourth-order valence-corrected chi connectivity index (χ4v) is 2.50. The summed E-state index contributed by atoms with van der Waals surface area (Å²) in [5.41, 5.74) is 2.77. The van der Waals surface area contributed by atoms with Crippen LogP contribution in [0.4, 0.5) is 0 Å². The fourth-order valence-electron chi connectivity index (χ4n) is 2.50. The van der Waals surface area contributed by atoms with Crippen molar-refractivity contribution >= 4 is 41.1 Å². The number of H-pyrrole nitrogens is 1. The molecule has 1 N–H and O–H groups in total. The van der Waals surface area contributed by atoms with Crippen molar-refractivity contribution in [3.8, 4) is 0 Å². The molecule has 0 unspecified atom stereocenters. The predicted molar refractivity (Wildman–Crippen MR) is 96.8 cm³/mol. The van der Waals surface area contributed by atoms with E-state index in [4.69, 9.17) is 0 Å². The zero-order valence-electron chi connectivity index (χ0n) is 13.0. The highest BCUT2D eigenvalue weighted by Gasteiger charge is 2.07. The topological polar surface area (TPSA) is 87.0 Å². The van der Waals surface area contributed by atoms with Crippen LogP contribution >= 0.6 is 0 Å². The minimum absolute atomic E-state index is 0.238. The molecule has 1 aromatic heterocycles. The lowest BCUT2D eigenvalue weighted by Crippen LogP contribution is -2.12. The number of hydrogen-bond acceptors (Lipinski definition) is 3. The number of aliphatic imine (C=N–C) groups is 3. The summed E-state index contributed by atoms with van der Waals surface area (Å²) in [6, 6.07) is 3.83. The van der Waals surface area contributed by atoms with Gasteiger partial charge in [0, 0.05) is 22.9 Å². The number of nitrogens with one attached hydrogen (secondary N) is 1. The normalized spacial score (nSPS) is 21.8. The van der Waals surface area contributed by atoms with Crippen LogP contribution < -0.4 is 10.7 Å². The maximum absolute atomic E-state index is 11.1. The van der Waals surface area contributed by atoms with Gasteiger partial charge in [0.05, 0.1) is 22.8 Å². The number of nitrogens with zero attached hydrogens (tertiary/aromatic N) is 3. The van der Waals surface area contributed by atoms with Gasteiger partial charge in [0.2, 0.25) is 0 Å². The quantitative estimate of drug-likeness (QED) is 0.878. The summed E-state index contributed by atoms with van der Waals surface area (Å²) in [5, 5.41) is 1.74. The molecule has 3 aliphatic heterocycles. The van der Waals surface area contributed by atoms with Gasteiger partial charge in [-0.15, -0.1) is 0 Å². The number of aromatic nitrogens is 1. The second-order valence-corrected chi connectivity index (χ2v) is 5.51. The van der Waals surface area contributed by atoms with Gasteiger partial charge in [-0.3, -0.25) is 9.59 Å². The van der Waals surface area contributed by atoms with E-state index in [9.17, 15) is 9.59 Å². The molecule has 0 atom stereocenters. The molecule has 3 aliphatic rings. The van der Waals surface area contributed by atoms with Gasteiger partial charge >= 0.3 is 0 Å². The van der Waals surface area contributed by atoms with E-state index >= 15 is 0 Å². The summed E-state index contributed by atoms with van der Waals surface area (Å²) in [7, 11) is 0. The Morgan fingerprint density at radius 3 is 1.72 bits per heavy atom. The van der Waals surface area contributed by atoms with Gasteiger partial charge in [0.15, 0.2) is 0 Å². The third-order valence-corrected chi connectivity index (χ3v) is 3.59. The van der Waals surface area contributed by atoms with Crippen molar-refractivity contribution in [2.75, 3.05) is 0 Å². The van der Waals surface area contributed by atoms with Crippen molar-refractivity contribution in [2.45, 2.75) is 0 Å². The lowest BCUT2D eigenvalue weighted by atomic mass is 10.3. The van der Waals surface area contributed by atoms with E-state index in [1.807, 2.05) is 30.4 Å². The van der Waals surface area contributed by atoms with Crippen molar-refractivity contribution < 1.29 is 9.59 Å². The van der Waals surface area contributed by atoms with Crippen molar-refractivity contribution in [2.24, 2.45) is 15.0 Å². The van der Waals surface area contributed by atoms with Gasteiger partial charge in [-0.2, -0.15) is 0 Å². The van der Waals surface area contributed by atoms with E-state index in [1.165, 1.54) is 12.2 Å². The Bertz CT molecular complexity index is 1120. The smallest absolute Gasteiger partial charge is 0.270 e. The first-order chi connectivity index (χ1) is 12.1. The minimum Gasteiger partial charge on any atom is -0.355 e. The van der Waals surface area contributed by atoms with Crippen LogP contribution in [0.15, 0.2) is 75.3 Å². The molecular weight excluding hydrogens is 316 g/mol. The Balaban J connectivity index is 1.56. The maximum atomic E-state index is 11.1. The molecule has 120 valence electrons. The Hall–Kier alpha value is -3.67.